The zero-order valence-corrected chi connectivity index (χ0v) is 16.4. The Kier molecular flexibility index (Phi) is 6.28. The molecule has 10 heteroatoms. The van der Waals surface area contributed by atoms with Gasteiger partial charge in [-0.15, -0.1) is 0 Å². The van der Waals surface area contributed by atoms with Gasteiger partial charge >= 0.3 is 0 Å². The number of sulfonamides is 1. The lowest BCUT2D eigenvalue weighted by Crippen LogP contribution is -2.48. The second-order valence-electron chi connectivity index (χ2n) is 6.32. The van der Waals surface area contributed by atoms with Gasteiger partial charge in [-0.05, 0) is 49.2 Å². The highest BCUT2D eigenvalue weighted by Crippen LogP contribution is 2.23. The first-order valence-electron chi connectivity index (χ1n) is 8.64. The molecule has 0 atom stereocenters. The number of halogens is 1. The minimum absolute atomic E-state index is 0.133. The number of rotatable bonds is 4. The maximum absolute atomic E-state index is 12.6. The number of carbonyl (C=O) groups is 2. The van der Waals surface area contributed by atoms with Crippen LogP contribution in [0.15, 0.2) is 53.7 Å². The van der Waals surface area contributed by atoms with E-state index in [1.165, 1.54) is 22.8 Å². The van der Waals surface area contributed by atoms with E-state index in [1.807, 2.05) is 0 Å². The number of benzene rings is 1. The number of hydrogen-bond acceptors (Lipinski definition) is 5. The van der Waals surface area contributed by atoms with Crippen molar-refractivity contribution in [2.75, 3.05) is 13.1 Å². The number of pyridine rings is 1. The van der Waals surface area contributed by atoms with E-state index in [1.54, 1.807) is 30.3 Å². The highest BCUT2D eigenvalue weighted by atomic mass is 35.5. The van der Waals surface area contributed by atoms with Crippen molar-refractivity contribution in [3.05, 3.63) is 59.4 Å². The van der Waals surface area contributed by atoms with Crippen molar-refractivity contribution in [1.82, 2.24) is 20.1 Å². The largest absolute Gasteiger partial charge is 0.273 e. The zero-order chi connectivity index (χ0) is 20.1. The SMILES string of the molecule is O=C(NNC(=O)C1CCN(S(=O)(=O)c2cccnc2)CC1)c1ccc(Cl)cc1. The molecular formula is C18H19ClN4O4S. The average Bonchev–Trinajstić information content (AvgIpc) is 2.73. The first-order chi connectivity index (χ1) is 13.4. The summed E-state index contributed by atoms with van der Waals surface area (Å²) in [5.74, 6) is -1.19. The van der Waals surface area contributed by atoms with E-state index in [2.05, 4.69) is 15.8 Å². The van der Waals surface area contributed by atoms with E-state index in [0.29, 0.717) is 23.4 Å². The molecule has 28 heavy (non-hydrogen) atoms. The number of piperidine rings is 1. The molecule has 3 rings (SSSR count). The third-order valence-electron chi connectivity index (χ3n) is 4.50. The van der Waals surface area contributed by atoms with Gasteiger partial charge in [0.05, 0.1) is 0 Å². The molecule has 1 aliphatic rings. The summed E-state index contributed by atoms with van der Waals surface area (Å²) in [5, 5.41) is 0.508. The van der Waals surface area contributed by atoms with Crippen LogP contribution in [0.3, 0.4) is 0 Å². The number of aromatic nitrogens is 1. The molecule has 2 amide bonds. The third-order valence-corrected chi connectivity index (χ3v) is 6.64. The molecule has 8 nitrogen and oxygen atoms in total. The normalized spacial score (nSPS) is 15.8. The molecule has 2 N–H and O–H groups in total. The van der Waals surface area contributed by atoms with E-state index in [-0.39, 0.29) is 29.8 Å². The van der Waals surface area contributed by atoms with Gasteiger partial charge < -0.3 is 0 Å². The Morgan fingerprint density at radius 3 is 2.36 bits per heavy atom. The highest BCUT2D eigenvalue weighted by molar-refractivity contribution is 7.89. The molecule has 2 heterocycles. The van der Waals surface area contributed by atoms with Crippen molar-refractivity contribution < 1.29 is 18.0 Å². The summed E-state index contributed by atoms with van der Waals surface area (Å²) in [6.07, 6.45) is 3.54. The standard InChI is InChI=1S/C18H19ClN4O4S/c19-15-5-3-13(4-6-15)17(24)21-22-18(25)14-7-10-23(11-8-14)28(26,27)16-2-1-9-20-12-16/h1-6,9,12,14H,7-8,10-11H2,(H,21,24)(H,22,25). The molecule has 0 radical (unpaired) electrons. The van der Waals surface area contributed by atoms with E-state index >= 15 is 0 Å². The van der Waals surface area contributed by atoms with Crippen LogP contribution in [0, 0.1) is 5.92 Å². The highest BCUT2D eigenvalue weighted by Gasteiger charge is 2.32. The molecule has 1 saturated heterocycles. The summed E-state index contributed by atoms with van der Waals surface area (Å²) in [4.78, 5) is 28.3. The number of amides is 2. The fourth-order valence-electron chi connectivity index (χ4n) is 2.90. The van der Waals surface area contributed by atoms with Crippen LogP contribution in [0.4, 0.5) is 0 Å². The van der Waals surface area contributed by atoms with Crippen LogP contribution in [0.2, 0.25) is 5.02 Å². The van der Waals surface area contributed by atoms with Crippen molar-refractivity contribution in [2.45, 2.75) is 17.7 Å². The second-order valence-corrected chi connectivity index (χ2v) is 8.69. The number of hydrogen-bond donors (Lipinski definition) is 2. The lowest BCUT2D eigenvalue weighted by Gasteiger charge is -2.30. The molecule has 0 unspecified atom stereocenters. The van der Waals surface area contributed by atoms with E-state index in [0.717, 1.165) is 0 Å². The van der Waals surface area contributed by atoms with Crippen LogP contribution < -0.4 is 10.9 Å². The number of nitrogens with zero attached hydrogens (tertiary/aromatic N) is 2. The lowest BCUT2D eigenvalue weighted by atomic mass is 9.98. The number of nitrogens with one attached hydrogen (secondary N) is 2. The van der Waals surface area contributed by atoms with Gasteiger partial charge in [0.2, 0.25) is 15.9 Å². The topological polar surface area (TPSA) is 108 Å². The summed E-state index contributed by atoms with van der Waals surface area (Å²) in [7, 11) is -3.62. The summed E-state index contributed by atoms with van der Waals surface area (Å²) in [6.45, 7) is 0.445. The predicted octanol–water partition coefficient (Wildman–Crippen LogP) is 1.60. The molecule has 1 aromatic heterocycles. The molecule has 0 saturated carbocycles. The monoisotopic (exact) mass is 422 g/mol. The maximum atomic E-state index is 12.6. The van der Waals surface area contributed by atoms with Gasteiger partial charge in [-0.25, -0.2) is 8.42 Å². The Bertz CT molecular complexity index is 943. The van der Waals surface area contributed by atoms with E-state index < -0.39 is 15.9 Å². The van der Waals surface area contributed by atoms with Crippen LogP contribution in [0.25, 0.3) is 0 Å². The van der Waals surface area contributed by atoms with E-state index in [4.69, 9.17) is 11.6 Å². The van der Waals surface area contributed by atoms with Gasteiger partial charge in [-0.3, -0.25) is 25.4 Å². The lowest BCUT2D eigenvalue weighted by molar-refractivity contribution is -0.126. The molecule has 0 spiro atoms. The predicted molar refractivity (Wildman–Crippen MR) is 103 cm³/mol. The zero-order valence-electron chi connectivity index (χ0n) is 14.8. The molecular weight excluding hydrogens is 404 g/mol. The third kappa shape index (κ3) is 4.67. The first-order valence-corrected chi connectivity index (χ1v) is 10.5. The summed E-state index contributed by atoms with van der Waals surface area (Å²) in [5.41, 5.74) is 5.13. The number of carbonyl (C=O) groups excluding carboxylic acids is 2. The maximum Gasteiger partial charge on any atom is 0.269 e. The minimum atomic E-state index is -3.62. The molecule has 148 valence electrons. The van der Waals surface area contributed by atoms with Crippen molar-refractivity contribution >= 4 is 33.4 Å². The first kappa shape index (κ1) is 20.2. The Hall–Kier alpha value is -2.49. The van der Waals surface area contributed by atoms with E-state index in [9.17, 15) is 18.0 Å². The fraction of sp³-hybridized carbons (Fsp3) is 0.278. The van der Waals surface area contributed by atoms with Crippen LogP contribution >= 0.6 is 11.6 Å². The Morgan fingerprint density at radius 2 is 1.75 bits per heavy atom. The summed E-state index contributed by atoms with van der Waals surface area (Å²) >= 11 is 5.78. The van der Waals surface area contributed by atoms with Crippen LogP contribution in [-0.2, 0) is 14.8 Å². The smallest absolute Gasteiger partial charge is 0.269 e. The Labute approximate surface area is 167 Å². The quantitative estimate of drug-likeness (QED) is 0.727. The van der Waals surface area contributed by atoms with Gasteiger partial charge in [0.25, 0.3) is 5.91 Å². The molecule has 0 aliphatic carbocycles. The summed E-state index contributed by atoms with van der Waals surface area (Å²) in [6, 6.07) is 9.31. The van der Waals surface area contributed by atoms with Crippen molar-refractivity contribution in [1.29, 1.82) is 0 Å². The minimum Gasteiger partial charge on any atom is -0.273 e. The van der Waals surface area contributed by atoms with Gasteiger partial charge in [-0.1, -0.05) is 11.6 Å². The second kappa shape index (κ2) is 8.68. The Morgan fingerprint density at radius 1 is 1.07 bits per heavy atom. The average molecular weight is 423 g/mol. The Balaban J connectivity index is 1.51. The van der Waals surface area contributed by atoms with Crippen molar-refractivity contribution in [3.8, 4) is 0 Å². The molecule has 0 bridgehead atoms. The van der Waals surface area contributed by atoms with Crippen LogP contribution in [0.1, 0.15) is 23.2 Å². The number of hydrazine groups is 1. The van der Waals surface area contributed by atoms with Gasteiger partial charge in [-0.2, -0.15) is 4.31 Å². The van der Waals surface area contributed by atoms with Gasteiger partial charge in [0.15, 0.2) is 0 Å². The molecule has 2 aromatic rings. The van der Waals surface area contributed by atoms with Gasteiger partial charge in [0.1, 0.15) is 4.90 Å². The van der Waals surface area contributed by atoms with Gasteiger partial charge in [0, 0.05) is 42.0 Å². The summed E-state index contributed by atoms with van der Waals surface area (Å²) < 4.78 is 26.5. The molecule has 1 aromatic carbocycles. The van der Waals surface area contributed by atoms with Crippen molar-refractivity contribution in [3.63, 3.8) is 0 Å². The molecule has 1 fully saturated rings. The fourth-order valence-corrected chi connectivity index (χ4v) is 4.46. The molecule has 1 aliphatic heterocycles. The van der Waals surface area contributed by atoms with Crippen LogP contribution in [0.5, 0.6) is 0 Å². The van der Waals surface area contributed by atoms with Crippen LogP contribution in [-0.4, -0.2) is 42.6 Å². The van der Waals surface area contributed by atoms with Crippen molar-refractivity contribution in [2.24, 2.45) is 5.92 Å².